The molecule has 2 rings (SSSR count). The Hall–Kier alpha value is -0.930. The first-order chi connectivity index (χ1) is 7.74. The van der Waals surface area contributed by atoms with Gasteiger partial charge in [-0.25, -0.2) is 4.39 Å². The third-order valence-corrected chi connectivity index (χ3v) is 3.38. The molecule has 1 aliphatic carbocycles. The Kier molecular flexibility index (Phi) is 3.56. The molecule has 0 aromatic heterocycles. The van der Waals surface area contributed by atoms with Crippen LogP contribution in [0, 0.1) is 5.82 Å². The molecule has 0 spiro atoms. The van der Waals surface area contributed by atoms with E-state index in [1.807, 2.05) is 30.4 Å². The molecule has 1 aromatic rings. The van der Waals surface area contributed by atoms with Gasteiger partial charge < -0.3 is 4.74 Å². The Labute approximate surface area is 103 Å². The van der Waals surface area contributed by atoms with Crippen molar-refractivity contribution < 1.29 is 9.13 Å². The van der Waals surface area contributed by atoms with Crippen LogP contribution in [0.4, 0.5) is 4.39 Å². The van der Waals surface area contributed by atoms with Crippen LogP contribution < -0.4 is 0 Å². The summed E-state index contributed by atoms with van der Waals surface area (Å²) in [5, 5.41) is 0. The van der Waals surface area contributed by atoms with Crippen LogP contribution in [0.25, 0.3) is 0 Å². The fourth-order valence-corrected chi connectivity index (χ4v) is 2.51. The summed E-state index contributed by atoms with van der Waals surface area (Å²) in [5.74, 6) is -0.285. The molecule has 1 nitrogen and oxygen atoms in total. The minimum atomic E-state index is -0.207. The zero-order valence-corrected chi connectivity index (χ0v) is 10.4. The highest BCUT2D eigenvalue weighted by molar-refractivity contribution is 9.10. The number of hydrogen-bond acceptors (Lipinski definition) is 1. The van der Waals surface area contributed by atoms with Crippen molar-refractivity contribution in [3.63, 3.8) is 0 Å². The van der Waals surface area contributed by atoms with E-state index < -0.39 is 0 Å². The number of hydrogen-bond donors (Lipinski definition) is 0. The van der Waals surface area contributed by atoms with E-state index >= 15 is 0 Å². The van der Waals surface area contributed by atoms with E-state index in [0.717, 1.165) is 4.47 Å². The zero-order valence-electron chi connectivity index (χ0n) is 8.86. The van der Waals surface area contributed by atoms with Crippen molar-refractivity contribution in [2.24, 2.45) is 0 Å². The van der Waals surface area contributed by atoms with E-state index in [4.69, 9.17) is 4.74 Å². The Bertz CT molecular complexity index is 419. The molecule has 0 saturated heterocycles. The predicted octanol–water partition coefficient (Wildman–Crippen LogP) is 3.81. The van der Waals surface area contributed by atoms with Gasteiger partial charge in [0.25, 0.3) is 0 Å². The van der Waals surface area contributed by atoms with Crippen molar-refractivity contribution in [2.45, 2.75) is 12.0 Å². The van der Waals surface area contributed by atoms with Crippen LogP contribution >= 0.6 is 15.9 Å². The molecule has 0 heterocycles. The molecule has 0 fully saturated rings. The van der Waals surface area contributed by atoms with Gasteiger partial charge in [0.2, 0.25) is 0 Å². The van der Waals surface area contributed by atoms with Crippen molar-refractivity contribution >= 4 is 15.9 Å². The van der Waals surface area contributed by atoms with Crippen LogP contribution in [-0.4, -0.2) is 13.2 Å². The maximum Gasteiger partial charge on any atom is 0.128 e. The first-order valence-corrected chi connectivity index (χ1v) is 5.85. The number of halogens is 2. The van der Waals surface area contributed by atoms with Gasteiger partial charge in [0.15, 0.2) is 0 Å². The summed E-state index contributed by atoms with van der Waals surface area (Å²) in [4.78, 5) is 0. The molecule has 84 valence electrons. The van der Waals surface area contributed by atoms with E-state index in [9.17, 15) is 4.39 Å². The summed E-state index contributed by atoms with van der Waals surface area (Å²) < 4.78 is 19.9. The SMILES string of the molecule is COC1C=CC=CC1c1c(F)cccc1Br. The number of allylic oxidation sites excluding steroid dienone is 2. The molecule has 16 heavy (non-hydrogen) atoms. The molecule has 0 aliphatic heterocycles. The topological polar surface area (TPSA) is 9.23 Å². The first kappa shape index (κ1) is 11.6. The van der Waals surface area contributed by atoms with Gasteiger partial charge in [-0.1, -0.05) is 46.3 Å². The number of benzene rings is 1. The summed E-state index contributed by atoms with van der Waals surface area (Å²) in [6, 6.07) is 5.00. The Balaban J connectivity index is 2.43. The summed E-state index contributed by atoms with van der Waals surface area (Å²) in [7, 11) is 1.63. The Morgan fingerprint density at radius 3 is 2.69 bits per heavy atom. The largest absolute Gasteiger partial charge is 0.376 e. The van der Waals surface area contributed by atoms with Crippen molar-refractivity contribution in [1.82, 2.24) is 0 Å². The first-order valence-electron chi connectivity index (χ1n) is 5.05. The van der Waals surface area contributed by atoms with Crippen LogP contribution in [0.2, 0.25) is 0 Å². The van der Waals surface area contributed by atoms with E-state index in [1.165, 1.54) is 6.07 Å². The normalized spacial score (nSPS) is 23.7. The Morgan fingerprint density at radius 2 is 2.00 bits per heavy atom. The second-order valence-corrected chi connectivity index (χ2v) is 4.49. The lowest BCUT2D eigenvalue weighted by Crippen LogP contribution is -2.20. The van der Waals surface area contributed by atoms with Gasteiger partial charge in [0.1, 0.15) is 5.82 Å². The average molecular weight is 283 g/mol. The molecule has 3 heteroatoms. The van der Waals surface area contributed by atoms with E-state index in [2.05, 4.69) is 15.9 Å². The summed E-state index contributed by atoms with van der Waals surface area (Å²) in [6.07, 6.45) is 7.61. The van der Waals surface area contributed by atoms with Gasteiger partial charge >= 0.3 is 0 Å². The van der Waals surface area contributed by atoms with Gasteiger partial charge in [-0.15, -0.1) is 0 Å². The van der Waals surface area contributed by atoms with E-state index in [-0.39, 0.29) is 17.8 Å². The van der Waals surface area contributed by atoms with E-state index in [0.29, 0.717) is 5.56 Å². The van der Waals surface area contributed by atoms with Gasteiger partial charge in [-0.3, -0.25) is 0 Å². The lowest BCUT2D eigenvalue weighted by molar-refractivity contribution is 0.127. The molecule has 0 N–H and O–H groups in total. The lowest BCUT2D eigenvalue weighted by Gasteiger charge is -2.24. The van der Waals surface area contributed by atoms with Gasteiger partial charge in [0.05, 0.1) is 6.10 Å². The molecule has 2 atom stereocenters. The summed E-state index contributed by atoms with van der Waals surface area (Å²) in [6.45, 7) is 0. The number of methoxy groups -OCH3 is 1. The van der Waals surface area contributed by atoms with Gasteiger partial charge in [-0.2, -0.15) is 0 Å². The molecule has 0 radical (unpaired) electrons. The maximum atomic E-state index is 13.8. The predicted molar refractivity (Wildman–Crippen MR) is 65.9 cm³/mol. The summed E-state index contributed by atoms with van der Waals surface area (Å²) in [5.41, 5.74) is 0.648. The highest BCUT2D eigenvalue weighted by Gasteiger charge is 2.24. The van der Waals surface area contributed by atoms with Crippen LogP contribution in [0.1, 0.15) is 11.5 Å². The smallest absolute Gasteiger partial charge is 0.128 e. The molecule has 0 amide bonds. The molecule has 2 unspecified atom stereocenters. The van der Waals surface area contributed by atoms with Gasteiger partial charge in [0, 0.05) is 23.1 Å². The second kappa shape index (κ2) is 4.93. The average Bonchev–Trinajstić information content (AvgIpc) is 2.29. The lowest BCUT2D eigenvalue weighted by atomic mass is 9.89. The number of ether oxygens (including phenoxy) is 1. The summed E-state index contributed by atoms with van der Waals surface area (Å²) >= 11 is 3.39. The highest BCUT2D eigenvalue weighted by Crippen LogP contribution is 2.33. The van der Waals surface area contributed by atoms with Crippen molar-refractivity contribution in [3.05, 3.63) is 58.4 Å². The van der Waals surface area contributed by atoms with Crippen molar-refractivity contribution in [2.75, 3.05) is 7.11 Å². The maximum absolute atomic E-state index is 13.8. The monoisotopic (exact) mass is 282 g/mol. The molecule has 0 saturated carbocycles. The quantitative estimate of drug-likeness (QED) is 0.802. The molecule has 1 aromatic carbocycles. The minimum Gasteiger partial charge on any atom is -0.376 e. The standard InChI is InChI=1S/C13H12BrFO/c1-16-12-8-3-2-5-9(12)13-10(14)6-4-7-11(13)15/h2-9,12H,1H3. The third kappa shape index (κ3) is 2.11. The highest BCUT2D eigenvalue weighted by atomic mass is 79.9. The number of rotatable bonds is 2. The Morgan fingerprint density at radius 1 is 1.25 bits per heavy atom. The van der Waals surface area contributed by atoms with Crippen LogP contribution in [0.5, 0.6) is 0 Å². The van der Waals surface area contributed by atoms with Crippen molar-refractivity contribution in [3.8, 4) is 0 Å². The van der Waals surface area contributed by atoms with Crippen LogP contribution in [0.3, 0.4) is 0 Å². The molecular formula is C13H12BrFO. The van der Waals surface area contributed by atoms with E-state index in [1.54, 1.807) is 13.2 Å². The van der Waals surface area contributed by atoms with Crippen molar-refractivity contribution in [1.29, 1.82) is 0 Å². The second-order valence-electron chi connectivity index (χ2n) is 3.63. The van der Waals surface area contributed by atoms with Crippen LogP contribution in [0.15, 0.2) is 47.0 Å². The van der Waals surface area contributed by atoms with Crippen LogP contribution in [-0.2, 0) is 4.74 Å². The molecule has 1 aliphatic rings. The fraction of sp³-hybridized carbons (Fsp3) is 0.231. The zero-order chi connectivity index (χ0) is 11.5. The van der Waals surface area contributed by atoms with Gasteiger partial charge in [-0.05, 0) is 12.1 Å². The molecule has 0 bridgehead atoms. The molecular weight excluding hydrogens is 271 g/mol. The minimum absolute atomic E-state index is 0.0782. The fourth-order valence-electron chi connectivity index (χ4n) is 1.90. The third-order valence-electron chi connectivity index (χ3n) is 2.69.